The second kappa shape index (κ2) is 8.06. The van der Waals surface area contributed by atoms with Crippen molar-refractivity contribution < 1.29 is 17.7 Å². The summed E-state index contributed by atoms with van der Waals surface area (Å²) >= 11 is 0. The Morgan fingerprint density at radius 3 is 2.80 bits per heavy atom. The summed E-state index contributed by atoms with van der Waals surface area (Å²) in [5, 5.41) is 6.54. The van der Waals surface area contributed by atoms with E-state index in [9.17, 15) is 13.2 Å². The molecule has 136 valence electrons. The van der Waals surface area contributed by atoms with Gasteiger partial charge in [-0.1, -0.05) is 18.1 Å². The van der Waals surface area contributed by atoms with E-state index >= 15 is 0 Å². The van der Waals surface area contributed by atoms with E-state index in [0.29, 0.717) is 11.5 Å². The van der Waals surface area contributed by atoms with E-state index in [-0.39, 0.29) is 23.9 Å². The van der Waals surface area contributed by atoms with Crippen molar-refractivity contribution in [2.45, 2.75) is 19.9 Å². The maximum Gasteiger partial charge on any atom is 0.317 e. The van der Waals surface area contributed by atoms with Crippen LogP contribution in [0.3, 0.4) is 0 Å². The lowest BCUT2D eigenvalue weighted by Gasteiger charge is -2.19. The van der Waals surface area contributed by atoms with Crippen LogP contribution in [0, 0.1) is 0 Å². The van der Waals surface area contributed by atoms with Crippen molar-refractivity contribution in [1.29, 1.82) is 0 Å². The van der Waals surface area contributed by atoms with Crippen LogP contribution in [0.25, 0.3) is 11.5 Å². The molecule has 2 aromatic heterocycles. The molecule has 0 aliphatic rings. The lowest BCUT2D eigenvalue weighted by atomic mass is 10.3. The molecule has 2 rings (SSSR count). The minimum atomic E-state index is -3.13. The fourth-order valence-corrected chi connectivity index (χ4v) is 2.73. The molecule has 2 heterocycles. The molecule has 0 aromatic carbocycles. The van der Waals surface area contributed by atoms with Gasteiger partial charge >= 0.3 is 6.03 Å². The van der Waals surface area contributed by atoms with E-state index in [2.05, 4.69) is 20.4 Å². The van der Waals surface area contributed by atoms with Crippen molar-refractivity contribution in [3.05, 3.63) is 30.3 Å². The molecular weight excluding hydrogens is 346 g/mol. The molecule has 0 aliphatic carbocycles. The van der Waals surface area contributed by atoms with Crippen LogP contribution >= 0.6 is 0 Å². The first-order valence-electron chi connectivity index (χ1n) is 7.79. The quantitative estimate of drug-likeness (QED) is 0.782. The zero-order chi connectivity index (χ0) is 18.4. The van der Waals surface area contributed by atoms with Crippen LogP contribution in [-0.4, -0.2) is 59.6 Å². The third-order valence-electron chi connectivity index (χ3n) is 3.57. The van der Waals surface area contributed by atoms with Gasteiger partial charge in [-0.15, -0.1) is 0 Å². The van der Waals surface area contributed by atoms with E-state index in [4.69, 9.17) is 4.52 Å². The summed E-state index contributed by atoms with van der Waals surface area (Å²) in [5.74, 6) is 0.547. The van der Waals surface area contributed by atoms with E-state index < -0.39 is 21.9 Å². The Bertz CT molecular complexity index is 806. The Labute approximate surface area is 146 Å². The third-order valence-corrected chi connectivity index (χ3v) is 5.25. The number of aromatic nitrogens is 3. The Hall–Kier alpha value is -2.49. The molecule has 2 aromatic rings. The summed E-state index contributed by atoms with van der Waals surface area (Å²) in [4.78, 5) is 21.8. The number of hydrogen-bond acceptors (Lipinski definition) is 7. The number of hydrogen-bond donors (Lipinski definition) is 1. The number of carbonyl (C=O) groups is 1. The van der Waals surface area contributed by atoms with Crippen molar-refractivity contribution in [2.75, 3.05) is 25.1 Å². The van der Waals surface area contributed by atoms with Gasteiger partial charge in [0.25, 0.3) is 0 Å². The molecule has 1 atom stereocenters. The van der Waals surface area contributed by atoms with Crippen LogP contribution in [0.15, 0.2) is 28.9 Å². The SMILES string of the molecule is CCS(=O)(=O)CCN(C)C(=O)NC(C)c1nc(-c2ccccn2)no1. The monoisotopic (exact) mass is 367 g/mol. The predicted octanol–water partition coefficient (Wildman–Crippen LogP) is 1.27. The number of carbonyl (C=O) groups excluding carboxylic acids is 1. The molecule has 1 unspecified atom stereocenters. The average molecular weight is 367 g/mol. The molecule has 1 N–H and O–H groups in total. The van der Waals surface area contributed by atoms with E-state index in [1.165, 1.54) is 11.9 Å². The summed E-state index contributed by atoms with van der Waals surface area (Å²) < 4.78 is 28.2. The molecule has 0 saturated carbocycles. The van der Waals surface area contributed by atoms with Crippen molar-refractivity contribution in [3.63, 3.8) is 0 Å². The summed E-state index contributed by atoms with van der Waals surface area (Å²) in [6.45, 7) is 3.38. The molecule has 9 nitrogen and oxygen atoms in total. The molecule has 0 spiro atoms. The largest absolute Gasteiger partial charge is 0.337 e. The highest BCUT2D eigenvalue weighted by Gasteiger charge is 2.20. The minimum Gasteiger partial charge on any atom is -0.337 e. The van der Waals surface area contributed by atoms with Crippen molar-refractivity contribution in [1.82, 2.24) is 25.3 Å². The topological polar surface area (TPSA) is 118 Å². The van der Waals surface area contributed by atoms with Gasteiger partial charge in [-0.25, -0.2) is 13.2 Å². The fraction of sp³-hybridized carbons (Fsp3) is 0.467. The standard InChI is InChI=1S/C15H21N5O4S/c1-4-25(22,23)10-9-20(3)15(21)17-11(2)14-18-13(19-24-14)12-7-5-6-8-16-12/h5-8,11H,4,9-10H2,1-3H3,(H,17,21). The Morgan fingerprint density at radius 1 is 1.40 bits per heavy atom. The number of amides is 2. The predicted molar refractivity (Wildman–Crippen MR) is 91.4 cm³/mol. The molecule has 0 bridgehead atoms. The van der Waals surface area contributed by atoms with Crippen LogP contribution in [0.1, 0.15) is 25.8 Å². The normalized spacial score (nSPS) is 12.6. The minimum absolute atomic E-state index is 0.0527. The van der Waals surface area contributed by atoms with Gasteiger partial charge in [0.05, 0.1) is 5.75 Å². The lowest BCUT2D eigenvalue weighted by molar-refractivity contribution is 0.204. The number of rotatable bonds is 7. The molecule has 0 aliphatic heterocycles. The fourth-order valence-electron chi connectivity index (χ4n) is 1.89. The highest BCUT2D eigenvalue weighted by molar-refractivity contribution is 7.91. The van der Waals surface area contributed by atoms with Crippen molar-refractivity contribution in [3.8, 4) is 11.5 Å². The lowest BCUT2D eigenvalue weighted by Crippen LogP contribution is -2.40. The number of sulfone groups is 1. The zero-order valence-electron chi connectivity index (χ0n) is 14.3. The second-order valence-corrected chi connectivity index (χ2v) is 7.97. The van der Waals surface area contributed by atoms with Crippen LogP contribution in [0.5, 0.6) is 0 Å². The second-order valence-electron chi connectivity index (χ2n) is 5.50. The molecular formula is C15H21N5O4S. The summed E-state index contributed by atoms with van der Waals surface area (Å²) in [5.41, 5.74) is 0.568. The van der Waals surface area contributed by atoms with E-state index in [1.54, 1.807) is 32.2 Å². The molecule has 0 fully saturated rings. The van der Waals surface area contributed by atoms with Crippen LogP contribution in [0.4, 0.5) is 4.79 Å². The van der Waals surface area contributed by atoms with Crippen molar-refractivity contribution >= 4 is 15.9 Å². The van der Waals surface area contributed by atoms with Gasteiger partial charge in [0.1, 0.15) is 11.7 Å². The maximum absolute atomic E-state index is 12.1. The van der Waals surface area contributed by atoms with Gasteiger partial charge in [0.15, 0.2) is 9.84 Å². The average Bonchev–Trinajstić information content (AvgIpc) is 3.10. The summed E-state index contributed by atoms with van der Waals surface area (Å²) in [6, 6.07) is 4.39. The summed E-state index contributed by atoms with van der Waals surface area (Å²) in [6.07, 6.45) is 1.62. The van der Waals surface area contributed by atoms with Crippen molar-refractivity contribution in [2.24, 2.45) is 0 Å². The highest BCUT2D eigenvalue weighted by Crippen LogP contribution is 2.16. The van der Waals surface area contributed by atoms with Gasteiger partial charge < -0.3 is 14.7 Å². The first kappa shape index (κ1) is 18.8. The molecule has 0 radical (unpaired) electrons. The number of nitrogens with zero attached hydrogens (tertiary/aromatic N) is 4. The van der Waals surface area contributed by atoms with Gasteiger partial charge in [-0.2, -0.15) is 4.98 Å². The molecule has 25 heavy (non-hydrogen) atoms. The Morgan fingerprint density at radius 2 is 2.16 bits per heavy atom. The maximum atomic E-state index is 12.1. The number of pyridine rings is 1. The van der Waals surface area contributed by atoms with Gasteiger partial charge in [-0.3, -0.25) is 4.98 Å². The first-order chi connectivity index (χ1) is 11.8. The number of urea groups is 1. The van der Waals surface area contributed by atoms with E-state index in [1.807, 2.05) is 6.07 Å². The molecule has 10 heteroatoms. The Balaban J connectivity index is 1.94. The Kier molecular flexibility index (Phi) is 6.07. The van der Waals surface area contributed by atoms with Crippen LogP contribution in [-0.2, 0) is 9.84 Å². The van der Waals surface area contributed by atoms with Crippen LogP contribution < -0.4 is 5.32 Å². The summed E-state index contributed by atoms with van der Waals surface area (Å²) in [7, 11) is -1.60. The van der Waals surface area contributed by atoms with E-state index in [0.717, 1.165) is 0 Å². The van der Waals surface area contributed by atoms with Crippen LogP contribution in [0.2, 0.25) is 0 Å². The smallest absolute Gasteiger partial charge is 0.317 e. The van der Waals surface area contributed by atoms with Gasteiger partial charge in [0, 0.05) is 25.5 Å². The third kappa shape index (κ3) is 5.24. The molecule has 0 saturated heterocycles. The zero-order valence-corrected chi connectivity index (χ0v) is 15.2. The highest BCUT2D eigenvalue weighted by atomic mass is 32.2. The first-order valence-corrected chi connectivity index (χ1v) is 9.61. The number of nitrogens with one attached hydrogen (secondary N) is 1. The van der Waals surface area contributed by atoms with Gasteiger partial charge in [-0.05, 0) is 19.1 Å². The molecule has 2 amide bonds. The van der Waals surface area contributed by atoms with Gasteiger partial charge in [0.2, 0.25) is 11.7 Å².